The zero-order valence-electron chi connectivity index (χ0n) is 13.5. The number of pyridine rings is 1. The molecule has 0 aliphatic heterocycles. The van der Waals surface area contributed by atoms with Crippen LogP contribution >= 0.6 is 27.5 Å². The van der Waals surface area contributed by atoms with E-state index in [2.05, 4.69) is 26.1 Å². The minimum atomic E-state index is -0.515. The van der Waals surface area contributed by atoms with E-state index in [9.17, 15) is 10.2 Å². The quantitative estimate of drug-likeness (QED) is 0.580. The lowest BCUT2D eigenvalue weighted by Crippen LogP contribution is -2.18. The Bertz CT molecular complexity index is 773. The Morgan fingerprint density at radius 2 is 2.00 bits per heavy atom. The minimum Gasteiger partial charge on any atom is -0.506 e. The number of aromatic nitrogens is 1. The average molecular weight is 414 g/mol. The van der Waals surface area contributed by atoms with Crippen LogP contribution in [0.4, 0.5) is 0 Å². The number of nitrogens with zero attached hydrogens (tertiary/aromatic N) is 2. The topological polar surface area (TPSA) is 74.9 Å². The van der Waals surface area contributed by atoms with Gasteiger partial charge in [-0.15, -0.1) is 0 Å². The van der Waals surface area contributed by atoms with Crippen molar-refractivity contribution in [2.24, 2.45) is 5.16 Å². The van der Waals surface area contributed by atoms with E-state index < -0.39 is 5.60 Å². The lowest BCUT2D eigenvalue weighted by molar-refractivity contribution is 0.00111. The van der Waals surface area contributed by atoms with Gasteiger partial charge in [-0.05, 0) is 61.0 Å². The van der Waals surface area contributed by atoms with Crippen LogP contribution in [0.1, 0.15) is 37.7 Å². The van der Waals surface area contributed by atoms with Gasteiger partial charge in [-0.25, -0.2) is 4.98 Å². The molecular formula is C17H18BrClN2O3. The van der Waals surface area contributed by atoms with Crippen molar-refractivity contribution >= 4 is 33.2 Å². The first-order valence-electron chi connectivity index (χ1n) is 7.23. The molecule has 0 aliphatic rings. The first-order chi connectivity index (χ1) is 11.2. The molecule has 0 aliphatic carbocycles. The third-order valence-corrected chi connectivity index (χ3v) is 4.14. The molecule has 24 heavy (non-hydrogen) atoms. The van der Waals surface area contributed by atoms with Crippen molar-refractivity contribution in [3.8, 4) is 5.75 Å². The fourth-order valence-electron chi connectivity index (χ4n) is 1.81. The zero-order valence-corrected chi connectivity index (χ0v) is 15.9. The Kier molecular flexibility index (Phi) is 5.85. The molecule has 0 fully saturated rings. The summed E-state index contributed by atoms with van der Waals surface area (Å²) in [6.07, 6.45) is 0. The van der Waals surface area contributed by atoms with Crippen molar-refractivity contribution in [1.82, 2.24) is 4.98 Å². The largest absolute Gasteiger partial charge is 0.506 e. The van der Waals surface area contributed by atoms with Gasteiger partial charge >= 0.3 is 0 Å². The average Bonchev–Trinajstić information content (AvgIpc) is 2.51. The fourth-order valence-corrected chi connectivity index (χ4v) is 2.31. The highest BCUT2D eigenvalue weighted by Gasteiger charge is 2.19. The number of hydrogen-bond donors (Lipinski definition) is 2. The van der Waals surface area contributed by atoms with Crippen LogP contribution in [0, 0.1) is 0 Å². The number of aliphatic hydroxyl groups excluding tert-OH is 1. The fraction of sp³-hybridized carbons (Fsp3) is 0.294. The van der Waals surface area contributed by atoms with Crippen molar-refractivity contribution in [3.05, 3.63) is 56.8 Å². The van der Waals surface area contributed by atoms with Crippen molar-refractivity contribution in [2.75, 3.05) is 0 Å². The van der Waals surface area contributed by atoms with E-state index in [-0.39, 0.29) is 18.1 Å². The molecule has 0 saturated heterocycles. The van der Waals surface area contributed by atoms with Crippen molar-refractivity contribution in [1.29, 1.82) is 0 Å². The first kappa shape index (κ1) is 18.7. The molecule has 2 rings (SSSR count). The molecule has 0 amide bonds. The molecular weight excluding hydrogens is 396 g/mol. The highest BCUT2D eigenvalue weighted by Crippen LogP contribution is 2.27. The maximum Gasteiger partial charge on any atom is 0.143 e. The molecule has 2 aromatic rings. The summed E-state index contributed by atoms with van der Waals surface area (Å²) in [6, 6.07) is 8.23. The molecule has 0 bridgehead atoms. The molecule has 0 radical (unpaired) electrons. The molecule has 0 unspecified atom stereocenters. The van der Waals surface area contributed by atoms with Gasteiger partial charge < -0.3 is 15.1 Å². The van der Waals surface area contributed by atoms with E-state index >= 15 is 0 Å². The number of aromatic hydroxyl groups is 1. The van der Waals surface area contributed by atoms with Crippen molar-refractivity contribution in [3.63, 3.8) is 0 Å². The summed E-state index contributed by atoms with van der Waals surface area (Å²) in [5, 5.41) is 24.2. The summed E-state index contributed by atoms with van der Waals surface area (Å²) in [7, 11) is 0. The van der Waals surface area contributed by atoms with Crippen LogP contribution in [0.3, 0.4) is 0 Å². The summed E-state index contributed by atoms with van der Waals surface area (Å²) in [6.45, 7) is 5.35. The number of aliphatic hydroxyl groups is 1. The number of benzene rings is 1. The van der Waals surface area contributed by atoms with E-state index in [1.807, 2.05) is 20.8 Å². The Morgan fingerprint density at radius 3 is 2.58 bits per heavy atom. The minimum absolute atomic E-state index is 0.0606. The molecule has 128 valence electrons. The lowest BCUT2D eigenvalue weighted by Gasteiger charge is -2.17. The molecule has 0 spiro atoms. The van der Waals surface area contributed by atoms with Gasteiger partial charge in [0.05, 0.1) is 17.3 Å². The highest BCUT2D eigenvalue weighted by molar-refractivity contribution is 9.10. The second-order valence-corrected chi connectivity index (χ2v) is 7.36. The van der Waals surface area contributed by atoms with Crippen LogP contribution < -0.4 is 0 Å². The number of oxime groups is 1. The predicted octanol–water partition coefficient (Wildman–Crippen LogP) is 4.26. The van der Waals surface area contributed by atoms with Crippen molar-refractivity contribution in [2.45, 2.75) is 33.0 Å². The van der Waals surface area contributed by atoms with Gasteiger partial charge in [0.25, 0.3) is 0 Å². The van der Waals surface area contributed by atoms with Crippen LogP contribution in [0.25, 0.3) is 0 Å². The van der Waals surface area contributed by atoms with E-state index in [0.717, 1.165) is 0 Å². The molecule has 7 heteroatoms. The summed E-state index contributed by atoms with van der Waals surface area (Å²) >= 11 is 9.42. The molecule has 1 aromatic carbocycles. The summed E-state index contributed by atoms with van der Waals surface area (Å²) in [5.74, 6) is -0.0606. The maximum absolute atomic E-state index is 10.2. The Balaban J connectivity index is 2.61. The number of halogens is 2. The molecule has 1 aromatic heterocycles. The second-order valence-electron chi connectivity index (χ2n) is 6.10. The monoisotopic (exact) mass is 412 g/mol. The van der Waals surface area contributed by atoms with Gasteiger partial charge in [-0.3, -0.25) is 0 Å². The van der Waals surface area contributed by atoms with Gasteiger partial charge in [0.15, 0.2) is 0 Å². The molecule has 5 nitrogen and oxygen atoms in total. The van der Waals surface area contributed by atoms with E-state index in [4.69, 9.17) is 16.4 Å². The molecule has 2 N–H and O–H groups in total. The summed E-state index contributed by atoms with van der Waals surface area (Å²) in [5.41, 5.74) is 1.13. The number of rotatable bonds is 4. The highest BCUT2D eigenvalue weighted by atomic mass is 79.9. The summed E-state index contributed by atoms with van der Waals surface area (Å²) < 4.78 is 0.683. The van der Waals surface area contributed by atoms with E-state index in [1.54, 1.807) is 24.3 Å². The van der Waals surface area contributed by atoms with Gasteiger partial charge in [0, 0.05) is 10.0 Å². The zero-order chi connectivity index (χ0) is 17.9. The third-order valence-electron chi connectivity index (χ3n) is 2.92. The maximum atomic E-state index is 10.2. The molecule has 0 saturated carbocycles. The van der Waals surface area contributed by atoms with Crippen LogP contribution in [0.2, 0.25) is 5.02 Å². The van der Waals surface area contributed by atoms with Gasteiger partial charge in [0.1, 0.15) is 22.8 Å². The predicted molar refractivity (Wildman–Crippen MR) is 97.5 cm³/mol. The standard InChI is InChI=1S/C17H18BrClN2O3/c1-17(2,3)24-21-15(10-4-6-13(19)12(18)8-10)16-14(23)7-5-11(9-22)20-16/h4-8,22-23H,9H2,1-3H3/b21-15+. The smallest absolute Gasteiger partial charge is 0.143 e. The second kappa shape index (κ2) is 7.51. The van der Waals surface area contributed by atoms with E-state index in [1.165, 1.54) is 6.07 Å². The third kappa shape index (κ3) is 4.69. The Hall–Kier alpha value is -1.63. The molecule has 1 heterocycles. The van der Waals surface area contributed by atoms with Crippen molar-refractivity contribution < 1.29 is 15.1 Å². The summed E-state index contributed by atoms with van der Waals surface area (Å²) in [4.78, 5) is 9.79. The normalized spacial score (nSPS) is 12.3. The molecule has 0 atom stereocenters. The number of hydrogen-bond acceptors (Lipinski definition) is 5. The van der Waals surface area contributed by atoms with Crippen LogP contribution in [0.5, 0.6) is 5.75 Å². The Morgan fingerprint density at radius 1 is 1.29 bits per heavy atom. The SMILES string of the molecule is CC(C)(C)O/N=C(\c1ccc(Cl)c(Br)c1)c1nc(CO)ccc1O. The van der Waals surface area contributed by atoms with Crippen LogP contribution in [-0.4, -0.2) is 26.5 Å². The van der Waals surface area contributed by atoms with Gasteiger partial charge in [0.2, 0.25) is 0 Å². The Labute approximate surface area is 154 Å². The van der Waals surface area contributed by atoms with Gasteiger partial charge in [-0.1, -0.05) is 22.8 Å². The van der Waals surface area contributed by atoms with Crippen LogP contribution in [-0.2, 0) is 11.4 Å². The van der Waals surface area contributed by atoms with Crippen LogP contribution in [0.15, 0.2) is 40.0 Å². The lowest BCUT2D eigenvalue weighted by atomic mass is 10.1. The van der Waals surface area contributed by atoms with E-state index in [0.29, 0.717) is 26.5 Å². The first-order valence-corrected chi connectivity index (χ1v) is 8.40. The van der Waals surface area contributed by atoms with Gasteiger partial charge in [-0.2, -0.15) is 0 Å².